The number of thiophene rings is 1. The van der Waals surface area contributed by atoms with Crippen molar-refractivity contribution in [2.75, 3.05) is 0 Å². The first kappa shape index (κ1) is 11.0. The van der Waals surface area contributed by atoms with Gasteiger partial charge in [0.25, 0.3) is 0 Å². The summed E-state index contributed by atoms with van der Waals surface area (Å²) in [6, 6.07) is 4.18. The van der Waals surface area contributed by atoms with Gasteiger partial charge >= 0.3 is 0 Å². The Labute approximate surface area is 105 Å². The molecule has 2 aromatic rings. The number of ether oxygens (including phenoxy) is 1. The van der Waals surface area contributed by atoms with Gasteiger partial charge in [0, 0.05) is 12.4 Å². The molecule has 4 heteroatoms. The van der Waals surface area contributed by atoms with Crippen molar-refractivity contribution < 1.29 is 4.74 Å². The molecule has 0 radical (unpaired) electrons. The number of hydrogen-bond acceptors (Lipinski definition) is 3. The van der Waals surface area contributed by atoms with E-state index >= 15 is 0 Å². The molecule has 2 aromatic heterocycles. The lowest BCUT2D eigenvalue weighted by molar-refractivity contribution is 0.0460. The molecule has 0 N–H and O–H groups in total. The van der Waals surface area contributed by atoms with Gasteiger partial charge in [0.1, 0.15) is 5.82 Å². The van der Waals surface area contributed by atoms with Crippen LogP contribution in [-0.2, 0) is 11.3 Å². The van der Waals surface area contributed by atoms with Gasteiger partial charge in [0.15, 0.2) is 0 Å². The summed E-state index contributed by atoms with van der Waals surface area (Å²) in [5, 5.41) is 2.09. The van der Waals surface area contributed by atoms with E-state index in [1.54, 1.807) is 11.3 Å². The standard InChI is InChI=1S/C13H16N2OS/c1-10-4-5-11(16-10)9-15-7-6-14-13(15)12-3-2-8-17-12/h2-3,6-8,10-11H,4-5,9H2,1H3. The lowest BCUT2D eigenvalue weighted by Crippen LogP contribution is -2.16. The summed E-state index contributed by atoms with van der Waals surface area (Å²) in [5.41, 5.74) is 0. The minimum absolute atomic E-state index is 0.345. The Bertz CT molecular complexity index is 477. The van der Waals surface area contributed by atoms with Crippen molar-refractivity contribution >= 4 is 11.3 Å². The van der Waals surface area contributed by atoms with Crippen LogP contribution in [0.5, 0.6) is 0 Å². The Hall–Kier alpha value is -1.13. The third-order valence-corrected chi connectivity index (χ3v) is 4.04. The molecule has 17 heavy (non-hydrogen) atoms. The molecule has 1 saturated heterocycles. The zero-order chi connectivity index (χ0) is 11.7. The van der Waals surface area contributed by atoms with Crippen LogP contribution < -0.4 is 0 Å². The average molecular weight is 248 g/mol. The van der Waals surface area contributed by atoms with E-state index in [1.165, 1.54) is 11.3 Å². The van der Waals surface area contributed by atoms with Crippen molar-refractivity contribution in [2.24, 2.45) is 0 Å². The predicted molar refractivity (Wildman–Crippen MR) is 69.1 cm³/mol. The summed E-state index contributed by atoms with van der Waals surface area (Å²) in [6.45, 7) is 3.06. The molecule has 0 bridgehead atoms. The number of imidazole rings is 1. The van der Waals surface area contributed by atoms with Gasteiger partial charge in [0.2, 0.25) is 0 Å². The summed E-state index contributed by atoms with van der Waals surface area (Å²) in [5.74, 6) is 1.06. The highest BCUT2D eigenvalue weighted by atomic mass is 32.1. The van der Waals surface area contributed by atoms with Crippen molar-refractivity contribution in [2.45, 2.75) is 38.5 Å². The van der Waals surface area contributed by atoms with Crippen molar-refractivity contribution in [3.05, 3.63) is 29.9 Å². The fourth-order valence-corrected chi connectivity index (χ4v) is 3.06. The predicted octanol–water partition coefficient (Wildman–Crippen LogP) is 3.18. The van der Waals surface area contributed by atoms with Crippen LogP contribution in [0.15, 0.2) is 29.9 Å². The molecule has 0 saturated carbocycles. The van der Waals surface area contributed by atoms with Crippen LogP contribution in [0, 0.1) is 0 Å². The Morgan fingerprint density at radius 3 is 3.18 bits per heavy atom. The van der Waals surface area contributed by atoms with Crippen molar-refractivity contribution in [1.82, 2.24) is 9.55 Å². The second-order valence-corrected chi connectivity index (χ2v) is 5.47. The summed E-state index contributed by atoms with van der Waals surface area (Å²) in [6.07, 6.45) is 7.00. The minimum atomic E-state index is 0.345. The number of nitrogens with zero attached hydrogens (tertiary/aromatic N) is 2. The highest BCUT2D eigenvalue weighted by Gasteiger charge is 2.22. The largest absolute Gasteiger partial charge is 0.373 e. The molecule has 0 spiro atoms. The molecule has 1 aliphatic rings. The monoisotopic (exact) mass is 248 g/mol. The van der Waals surface area contributed by atoms with E-state index in [-0.39, 0.29) is 0 Å². The lowest BCUT2D eigenvalue weighted by atomic mass is 10.2. The molecule has 1 fully saturated rings. The number of rotatable bonds is 3. The van der Waals surface area contributed by atoms with Gasteiger partial charge in [-0.15, -0.1) is 11.3 Å². The normalized spacial score (nSPS) is 24.3. The first-order valence-corrected chi connectivity index (χ1v) is 6.91. The van der Waals surface area contributed by atoms with Crippen LogP contribution in [0.2, 0.25) is 0 Å². The first-order valence-electron chi connectivity index (χ1n) is 6.03. The lowest BCUT2D eigenvalue weighted by Gasteiger charge is -2.13. The van der Waals surface area contributed by atoms with E-state index in [1.807, 2.05) is 12.4 Å². The minimum Gasteiger partial charge on any atom is -0.373 e. The van der Waals surface area contributed by atoms with E-state index < -0.39 is 0 Å². The molecular formula is C13H16N2OS. The van der Waals surface area contributed by atoms with Gasteiger partial charge in [-0.05, 0) is 31.2 Å². The van der Waals surface area contributed by atoms with E-state index in [0.29, 0.717) is 12.2 Å². The van der Waals surface area contributed by atoms with Crippen LogP contribution in [-0.4, -0.2) is 21.8 Å². The number of hydrogen-bond donors (Lipinski definition) is 0. The van der Waals surface area contributed by atoms with Crippen LogP contribution in [0.4, 0.5) is 0 Å². The summed E-state index contributed by atoms with van der Waals surface area (Å²) in [4.78, 5) is 5.66. The summed E-state index contributed by atoms with van der Waals surface area (Å²) in [7, 11) is 0. The maximum absolute atomic E-state index is 5.86. The SMILES string of the molecule is CC1CCC(Cn2ccnc2-c2cccs2)O1. The highest BCUT2D eigenvalue weighted by Crippen LogP contribution is 2.25. The van der Waals surface area contributed by atoms with Gasteiger partial charge in [-0.25, -0.2) is 4.98 Å². The molecule has 90 valence electrons. The zero-order valence-corrected chi connectivity index (χ0v) is 10.7. The smallest absolute Gasteiger partial charge is 0.150 e. The fourth-order valence-electron chi connectivity index (χ4n) is 2.33. The van der Waals surface area contributed by atoms with E-state index in [9.17, 15) is 0 Å². The van der Waals surface area contributed by atoms with Gasteiger partial charge < -0.3 is 9.30 Å². The van der Waals surface area contributed by atoms with Crippen LogP contribution in [0.25, 0.3) is 10.7 Å². The number of aromatic nitrogens is 2. The Morgan fingerprint density at radius 2 is 2.47 bits per heavy atom. The second-order valence-electron chi connectivity index (χ2n) is 4.53. The average Bonchev–Trinajstić information content (AvgIpc) is 3.00. The van der Waals surface area contributed by atoms with E-state index in [0.717, 1.165) is 18.8 Å². The topological polar surface area (TPSA) is 27.1 Å². The van der Waals surface area contributed by atoms with Gasteiger partial charge in [0.05, 0.1) is 23.6 Å². The molecule has 3 heterocycles. The maximum atomic E-state index is 5.86. The summed E-state index contributed by atoms with van der Waals surface area (Å²) >= 11 is 1.73. The maximum Gasteiger partial charge on any atom is 0.150 e. The Morgan fingerprint density at radius 1 is 1.53 bits per heavy atom. The third-order valence-electron chi connectivity index (χ3n) is 3.18. The van der Waals surface area contributed by atoms with E-state index in [2.05, 4.69) is 34.0 Å². The van der Waals surface area contributed by atoms with Crippen LogP contribution in [0.1, 0.15) is 19.8 Å². The molecular weight excluding hydrogens is 232 g/mol. The summed E-state index contributed by atoms with van der Waals surface area (Å²) < 4.78 is 8.06. The molecule has 0 aliphatic carbocycles. The Balaban J connectivity index is 1.78. The Kier molecular flexibility index (Phi) is 2.99. The first-order chi connectivity index (χ1) is 8.33. The fraction of sp³-hybridized carbons (Fsp3) is 0.462. The van der Waals surface area contributed by atoms with Crippen molar-refractivity contribution in [1.29, 1.82) is 0 Å². The molecule has 1 aliphatic heterocycles. The molecule has 2 unspecified atom stereocenters. The third kappa shape index (κ3) is 2.28. The van der Waals surface area contributed by atoms with Crippen molar-refractivity contribution in [3.63, 3.8) is 0 Å². The molecule has 0 amide bonds. The molecule has 3 rings (SSSR count). The highest BCUT2D eigenvalue weighted by molar-refractivity contribution is 7.13. The quantitative estimate of drug-likeness (QED) is 0.834. The van der Waals surface area contributed by atoms with E-state index in [4.69, 9.17) is 4.74 Å². The van der Waals surface area contributed by atoms with Gasteiger partial charge in [-0.3, -0.25) is 0 Å². The van der Waals surface area contributed by atoms with Gasteiger partial charge in [-0.2, -0.15) is 0 Å². The molecule has 0 aromatic carbocycles. The molecule has 2 atom stereocenters. The van der Waals surface area contributed by atoms with Crippen molar-refractivity contribution in [3.8, 4) is 10.7 Å². The second kappa shape index (κ2) is 4.63. The van der Waals surface area contributed by atoms with Gasteiger partial charge in [-0.1, -0.05) is 6.07 Å². The molecule has 3 nitrogen and oxygen atoms in total. The zero-order valence-electron chi connectivity index (χ0n) is 9.87. The van der Waals surface area contributed by atoms with Crippen LogP contribution in [0.3, 0.4) is 0 Å². The van der Waals surface area contributed by atoms with Crippen LogP contribution >= 0.6 is 11.3 Å².